The van der Waals surface area contributed by atoms with Gasteiger partial charge in [0.25, 0.3) is 5.91 Å². The van der Waals surface area contributed by atoms with Gasteiger partial charge in [0.2, 0.25) is 0 Å². The van der Waals surface area contributed by atoms with Crippen molar-refractivity contribution >= 4 is 23.7 Å². The molecule has 2 aromatic rings. The number of hydrazone groups is 1. The van der Waals surface area contributed by atoms with Crippen LogP contribution in [0.4, 0.5) is 13.2 Å². The smallest absolute Gasteiger partial charge is 0.267 e. The van der Waals surface area contributed by atoms with Gasteiger partial charge in [-0.1, -0.05) is 35.9 Å². The number of nitrogens with zero attached hydrogens (tertiary/aromatic N) is 1. The molecule has 22 heavy (non-hydrogen) atoms. The van der Waals surface area contributed by atoms with Gasteiger partial charge in [0.1, 0.15) is 0 Å². The molecule has 0 saturated heterocycles. The van der Waals surface area contributed by atoms with E-state index in [1.54, 1.807) is 12.1 Å². The maximum atomic E-state index is 12.8. The summed E-state index contributed by atoms with van der Waals surface area (Å²) in [6.45, 7) is 0. The molecule has 0 bridgehead atoms. The molecule has 0 aliphatic heterocycles. The lowest BCUT2D eigenvalue weighted by atomic mass is 10.1. The minimum Gasteiger partial charge on any atom is -0.267 e. The van der Waals surface area contributed by atoms with Crippen LogP contribution in [0.15, 0.2) is 53.6 Å². The summed E-state index contributed by atoms with van der Waals surface area (Å²) in [6.07, 6.45) is -3.54. The maximum absolute atomic E-state index is 12.8. The van der Waals surface area contributed by atoms with Crippen molar-refractivity contribution in [2.45, 2.75) is 6.18 Å². The molecule has 0 aliphatic carbocycles. The van der Waals surface area contributed by atoms with Gasteiger partial charge in [-0.25, -0.2) is 5.43 Å². The third-order valence-corrected chi connectivity index (χ3v) is 2.96. The van der Waals surface area contributed by atoms with Gasteiger partial charge in [0, 0.05) is 16.1 Å². The van der Waals surface area contributed by atoms with E-state index < -0.39 is 17.6 Å². The second-order valence-corrected chi connectivity index (χ2v) is 4.73. The Kier molecular flexibility index (Phi) is 4.82. The minimum atomic E-state index is -4.49. The summed E-state index contributed by atoms with van der Waals surface area (Å²) in [6, 6.07) is 11.1. The Labute approximate surface area is 129 Å². The lowest BCUT2D eigenvalue weighted by Gasteiger charge is -2.09. The molecule has 2 rings (SSSR count). The van der Waals surface area contributed by atoms with E-state index in [9.17, 15) is 18.0 Å². The number of halogens is 4. The molecule has 0 fully saturated rings. The van der Waals surface area contributed by atoms with Crippen molar-refractivity contribution in [1.82, 2.24) is 5.43 Å². The number of amides is 1. The molecule has 7 heteroatoms. The molecule has 114 valence electrons. The van der Waals surface area contributed by atoms with Gasteiger partial charge in [0.15, 0.2) is 0 Å². The minimum absolute atomic E-state index is 0.138. The largest absolute Gasteiger partial charge is 0.417 e. The number of carbonyl (C=O) groups excluding carboxylic acids is 1. The molecule has 2 aromatic carbocycles. The van der Waals surface area contributed by atoms with Gasteiger partial charge in [-0.15, -0.1) is 0 Å². The predicted octanol–water partition coefficient (Wildman–Crippen LogP) is 4.12. The summed E-state index contributed by atoms with van der Waals surface area (Å²) in [5, 5.41) is 3.93. The number of nitrogens with one attached hydrogen (secondary N) is 1. The monoisotopic (exact) mass is 326 g/mol. The van der Waals surface area contributed by atoms with Crippen LogP contribution in [0.2, 0.25) is 5.02 Å². The number of carbonyl (C=O) groups is 1. The quantitative estimate of drug-likeness (QED) is 0.669. The molecule has 0 aromatic heterocycles. The van der Waals surface area contributed by atoms with Crippen molar-refractivity contribution in [3.63, 3.8) is 0 Å². The Morgan fingerprint density at radius 3 is 2.55 bits per heavy atom. The SMILES string of the molecule is O=C(N/N=C/c1ccccc1C(F)(F)F)c1cccc(Cl)c1. The second-order valence-electron chi connectivity index (χ2n) is 4.29. The highest BCUT2D eigenvalue weighted by Crippen LogP contribution is 2.31. The fourth-order valence-corrected chi connectivity index (χ4v) is 1.91. The van der Waals surface area contributed by atoms with E-state index in [4.69, 9.17) is 11.6 Å². The van der Waals surface area contributed by atoms with Crippen molar-refractivity contribution < 1.29 is 18.0 Å². The Morgan fingerprint density at radius 1 is 1.14 bits per heavy atom. The van der Waals surface area contributed by atoms with E-state index in [0.29, 0.717) is 5.02 Å². The fourth-order valence-electron chi connectivity index (χ4n) is 1.72. The van der Waals surface area contributed by atoms with Crippen LogP contribution >= 0.6 is 11.6 Å². The first-order valence-corrected chi connectivity index (χ1v) is 6.51. The van der Waals surface area contributed by atoms with E-state index >= 15 is 0 Å². The van der Waals surface area contributed by atoms with Crippen LogP contribution in [0, 0.1) is 0 Å². The fraction of sp³-hybridized carbons (Fsp3) is 0.0667. The molecular weight excluding hydrogens is 317 g/mol. The zero-order valence-corrected chi connectivity index (χ0v) is 11.8. The van der Waals surface area contributed by atoms with Crippen LogP contribution in [0.25, 0.3) is 0 Å². The second kappa shape index (κ2) is 6.62. The van der Waals surface area contributed by atoms with E-state index in [1.807, 2.05) is 0 Å². The van der Waals surface area contributed by atoms with Gasteiger partial charge in [-0.2, -0.15) is 18.3 Å². The maximum Gasteiger partial charge on any atom is 0.417 e. The molecule has 3 nitrogen and oxygen atoms in total. The molecule has 0 heterocycles. The normalized spacial score (nSPS) is 11.6. The standard InChI is InChI=1S/C15H10ClF3N2O/c16-12-6-3-5-10(8-12)14(22)21-20-9-11-4-1-2-7-13(11)15(17,18)19/h1-9H,(H,21,22)/b20-9+. The Morgan fingerprint density at radius 2 is 1.86 bits per heavy atom. The van der Waals surface area contributed by atoms with Crippen LogP contribution in [0.5, 0.6) is 0 Å². The molecular formula is C15H10ClF3N2O. The van der Waals surface area contributed by atoms with Crippen molar-refractivity contribution in [2.75, 3.05) is 0 Å². The number of alkyl halides is 3. The highest BCUT2D eigenvalue weighted by Gasteiger charge is 2.32. The van der Waals surface area contributed by atoms with E-state index in [2.05, 4.69) is 10.5 Å². The third kappa shape index (κ3) is 4.08. The van der Waals surface area contributed by atoms with Crippen LogP contribution in [-0.4, -0.2) is 12.1 Å². The van der Waals surface area contributed by atoms with Gasteiger partial charge in [-0.3, -0.25) is 4.79 Å². The summed E-state index contributed by atoms with van der Waals surface area (Å²) < 4.78 is 38.3. The molecule has 0 aliphatic rings. The van der Waals surface area contributed by atoms with Crippen molar-refractivity contribution in [2.24, 2.45) is 5.10 Å². The average molecular weight is 327 g/mol. The summed E-state index contributed by atoms with van der Waals surface area (Å²) >= 11 is 5.75. The average Bonchev–Trinajstić information content (AvgIpc) is 2.46. The number of rotatable bonds is 3. The highest BCUT2D eigenvalue weighted by molar-refractivity contribution is 6.30. The first-order chi connectivity index (χ1) is 10.4. The van der Waals surface area contributed by atoms with Crippen LogP contribution in [0.1, 0.15) is 21.5 Å². The molecule has 0 spiro atoms. The Hall–Kier alpha value is -2.34. The molecule has 0 atom stereocenters. The van der Waals surface area contributed by atoms with Gasteiger partial charge in [-0.05, 0) is 24.3 Å². The third-order valence-electron chi connectivity index (χ3n) is 2.72. The molecule has 1 amide bonds. The van der Waals surface area contributed by atoms with E-state index in [-0.39, 0.29) is 11.1 Å². The topological polar surface area (TPSA) is 41.5 Å². The zero-order valence-electron chi connectivity index (χ0n) is 11.1. The van der Waals surface area contributed by atoms with Crippen molar-refractivity contribution in [3.8, 4) is 0 Å². The van der Waals surface area contributed by atoms with E-state index in [0.717, 1.165) is 12.3 Å². The summed E-state index contributed by atoms with van der Waals surface area (Å²) in [7, 11) is 0. The number of benzene rings is 2. The van der Waals surface area contributed by atoms with Crippen molar-refractivity contribution in [3.05, 3.63) is 70.2 Å². The zero-order chi connectivity index (χ0) is 16.2. The van der Waals surface area contributed by atoms with Gasteiger partial charge < -0.3 is 0 Å². The van der Waals surface area contributed by atoms with Crippen molar-refractivity contribution in [1.29, 1.82) is 0 Å². The number of hydrogen-bond acceptors (Lipinski definition) is 2. The first kappa shape index (κ1) is 16.0. The summed E-state index contributed by atoms with van der Waals surface area (Å²) in [5.41, 5.74) is 1.45. The van der Waals surface area contributed by atoms with Crippen LogP contribution < -0.4 is 5.43 Å². The lowest BCUT2D eigenvalue weighted by molar-refractivity contribution is -0.137. The molecule has 0 radical (unpaired) electrons. The summed E-state index contributed by atoms with van der Waals surface area (Å²) in [4.78, 5) is 11.8. The van der Waals surface area contributed by atoms with Crippen LogP contribution in [0.3, 0.4) is 0 Å². The predicted molar refractivity (Wildman–Crippen MR) is 78.0 cm³/mol. The van der Waals surface area contributed by atoms with E-state index in [1.165, 1.54) is 30.3 Å². The summed E-state index contributed by atoms with van der Waals surface area (Å²) in [5.74, 6) is -0.566. The first-order valence-electron chi connectivity index (χ1n) is 6.13. The molecule has 0 saturated carbocycles. The van der Waals surface area contributed by atoms with Crippen LogP contribution in [-0.2, 0) is 6.18 Å². The Bertz CT molecular complexity index is 714. The number of hydrogen-bond donors (Lipinski definition) is 1. The Balaban J connectivity index is 2.12. The van der Waals surface area contributed by atoms with Gasteiger partial charge in [0.05, 0.1) is 11.8 Å². The lowest BCUT2D eigenvalue weighted by Crippen LogP contribution is -2.18. The molecule has 0 unspecified atom stereocenters. The highest BCUT2D eigenvalue weighted by atomic mass is 35.5. The molecule has 1 N–H and O–H groups in total. The van der Waals surface area contributed by atoms with Gasteiger partial charge >= 0.3 is 6.18 Å².